The second-order valence-electron chi connectivity index (χ2n) is 11.4. The number of esters is 1. The Morgan fingerprint density at radius 2 is 1.41 bits per heavy atom. The lowest BCUT2D eigenvalue weighted by molar-refractivity contribution is -0.441. The summed E-state index contributed by atoms with van der Waals surface area (Å²) in [6.07, 6.45) is 0.762. The van der Waals surface area contributed by atoms with E-state index < -0.39 is 39.0 Å². The lowest BCUT2D eigenvalue weighted by Crippen LogP contribution is -2.60. The van der Waals surface area contributed by atoms with Gasteiger partial charge in [-0.2, -0.15) is 0 Å². The van der Waals surface area contributed by atoms with Gasteiger partial charge in [0.05, 0.1) is 10.6 Å². The molecule has 4 atom stereocenters. The topological polar surface area (TPSA) is 99.2 Å². The molecule has 1 aliphatic heterocycles. The van der Waals surface area contributed by atoms with E-state index >= 15 is 0 Å². The minimum atomic E-state index is -3.62. The summed E-state index contributed by atoms with van der Waals surface area (Å²) in [5.74, 6) is -2.06. The maximum atomic E-state index is 13.4. The smallest absolute Gasteiger partial charge is 0.397 e. The molecule has 0 aromatic heterocycles. The van der Waals surface area contributed by atoms with Crippen LogP contribution in [-0.2, 0) is 47.0 Å². The highest BCUT2D eigenvalue weighted by molar-refractivity contribution is 7.91. The van der Waals surface area contributed by atoms with E-state index in [-0.39, 0.29) is 29.7 Å². The molecule has 1 aliphatic carbocycles. The van der Waals surface area contributed by atoms with Crippen LogP contribution in [0, 0.1) is 5.92 Å². The molecule has 0 unspecified atom stereocenters. The normalized spacial score (nSPS) is 25.7. The minimum Gasteiger partial charge on any atom is -0.449 e. The first kappa shape index (κ1) is 29.0. The summed E-state index contributed by atoms with van der Waals surface area (Å²) in [7, 11) is -3.62. The van der Waals surface area contributed by atoms with Crippen molar-refractivity contribution in [3.8, 4) is 0 Å². The molecule has 1 heterocycles. The third kappa shape index (κ3) is 6.53. The van der Waals surface area contributed by atoms with E-state index in [1.54, 1.807) is 44.2 Å². The number of carbonyl (C=O) groups is 2. The van der Waals surface area contributed by atoms with E-state index in [1.807, 2.05) is 60.7 Å². The predicted molar refractivity (Wildman–Crippen MR) is 152 cm³/mol. The van der Waals surface area contributed by atoms with Crippen molar-refractivity contribution in [3.63, 3.8) is 0 Å². The Kier molecular flexibility index (Phi) is 8.31. The van der Waals surface area contributed by atoms with Crippen LogP contribution in [0.15, 0.2) is 95.9 Å². The van der Waals surface area contributed by atoms with Gasteiger partial charge in [-0.05, 0) is 62.3 Å². The second kappa shape index (κ2) is 11.8. The molecule has 9 heteroatoms. The van der Waals surface area contributed by atoms with Gasteiger partial charge in [0, 0.05) is 13.1 Å². The Labute approximate surface area is 241 Å². The first-order valence-electron chi connectivity index (χ1n) is 13.8. The number of hydrogen-bond donors (Lipinski definition) is 0. The average molecular weight is 578 g/mol. The molecule has 1 saturated heterocycles. The fourth-order valence-corrected chi connectivity index (χ4v) is 7.49. The zero-order valence-corrected chi connectivity index (χ0v) is 24.1. The molecular formula is C32H35NO7S. The van der Waals surface area contributed by atoms with Crippen LogP contribution in [0.25, 0.3) is 0 Å². The summed E-state index contributed by atoms with van der Waals surface area (Å²) < 4.78 is 32.1. The van der Waals surface area contributed by atoms with E-state index in [0.717, 1.165) is 11.1 Å². The summed E-state index contributed by atoms with van der Waals surface area (Å²) in [6.45, 7) is 3.99. The Balaban J connectivity index is 1.26. The van der Waals surface area contributed by atoms with Crippen molar-refractivity contribution in [3.05, 3.63) is 102 Å². The molecule has 8 nitrogen and oxygen atoms in total. The highest BCUT2D eigenvalue weighted by Crippen LogP contribution is 2.47. The molecule has 0 radical (unpaired) electrons. The Bertz CT molecular complexity index is 1420. The molecule has 216 valence electrons. The summed E-state index contributed by atoms with van der Waals surface area (Å²) in [4.78, 5) is 39.9. The average Bonchev–Trinajstić information content (AvgIpc) is 2.97. The van der Waals surface area contributed by atoms with Gasteiger partial charge in [0.2, 0.25) is 0 Å². The van der Waals surface area contributed by atoms with Crippen molar-refractivity contribution in [2.24, 2.45) is 5.92 Å². The van der Waals surface area contributed by atoms with Crippen LogP contribution >= 0.6 is 0 Å². The van der Waals surface area contributed by atoms with Crippen molar-refractivity contribution < 1.29 is 32.5 Å². The number of carbonyl (C=O) groups excluding carboxylic acids is 2. The number of benzene rings is 3. The number of nitrogens with zero attached hydrogens (tertiary/aromatic N) is 1. The van der Waals surface area contributed by atoms with Crippen LogP contribution in [-0.4, -0.2) is 48.3 Å². The number of hydrogen-bond acceptors (Lipinski definition) is 7. The van der Waals surface area contributed by atoms with Crippen molar-refractivity contribution >= 4 is 21.7 Å². The van der Waals surface area contributed by atoms with Crippen LogP contribution in [0.4, 0.5) is 0 Å². The van der Waals surface area contributed by atoms with Crippen LogP contribution in [0.3, 0.4) is 0 Å². The quantitative estimate of drug-likeness (QED) is 0.214. The molecule has 2 fully saturated rings. The van der Waals surface area contributed by atoms with Crippen LogP contribution in [0.5, 0.6) is 0 Å². The zero-order chi connectivity index (χ0) is 29.1. The minimum absolute atomic E-state index is 0.130. The third-order valence-electron chi connectivity index (χ3n) is 8.19. The van der Waals surface area contributed by atoms with Crippen molar-refractivity contribution in [1.82, 2.24) is 4.90 Å². The third-order valence-corrected chi connectivity index (χ3v) is 10.1. The standard InChI is InChI=1S/C32H35NO7S/c1-31(19-18-26-20-28(31)39-40-32(26,2)23-41(36,37)27-16-10-5-11-17-27)38-30(35)29(34)33(21-24-12-6-3-7-13-24)22-25-14-8-4-9-15-25/h3-17,26,28H,18-23H2,1-2H3/t26-,28-,31-,32+/m1/s1. The molecule has 2 bridgehead atoms. The van der Waals surface area contributed by atoms with Gasteiger partial charge in [-0.25, -0.2) is 23.0 Å². The molecule has 41 heavy (non-hydrogen) atoms. The molecule has 3 aromatic carbocycles. The summed E-state index contributed by atoms with van der Waals surface area (Å²) in [5.41, 5.74) is -0.377. The molecule has 1 amide bonds. The molecular weight excluding hydrogens is 542 g/mol. The Hall–Kier alpha value is -3.53. The number of amides is 1. The second-order valence-corrected chi connectivity index (χ2v) is 13.3. The van der Waals surface area contributed by atoms with Gasteiger partial charge in [-0.1, -0.05) is 78.9 Å². The number of ether oxygens (including phenoxy) is 1. The van der Waals surface area contributed by atoms with Gasteiger partial charge >= 0.3 is 11.9 Å². The van der Waals surface area contributed by atoms with E-state index in [4.69, 9.17) is 14.5 Å². The first-order chi connectivity index (χ1) is 19.6. The van der Waals surface area contributed by atoms with Crippen molar-refractivity contribution in [2.75, 3.05) is 5.75 Å². The van der Waals surface area contributed by atoms with E-state index in [9.17, 15) is 18.0 Å². The van der Waals surface area contributed by atoms with Gasteiger partial charge in [-0.3, -0.25) is 4.79 Å². The highest BCUT2D eigenvalue weighted by atomic mass is 32.2. The summed E-state index contributed by atoms with van der Waals surface area (Å²) >= 11 is 0. The van der Waals surface area contributed by atoms with Gasteiger partial charge < -0.3 is 9.64 Å². The fraction of sp³-hybridized carbons (Fsp3) is 0.375. The highest BCUT2D eigenvalue weighted by Gasteiger charge is 2.56. The van der Waals surface area contributed by atoms with E-state index in [2.05, 4.69) is 0 Å². The summed E-state index contributed by atoms with van der Waals surface area (Å²) in [5, 5.41) is 0. The largest absolute Gasteiger partial charge is 0.449 e. The van der Waals surface area contributed by atoms with Gasteiger partial charge in [0.1, 0.15) is 17.3 Å². The lowest BCUT2D eigenvalue weighted by atomic mass is 9.71. The van der Waals surface area contributed by atoms with Crippen LogP contribution in [0.2, 0.25) is 0 Å². The molecule has 1 saturated carbocycles. The molecule has 2 aliphatic rings. The van der Waals surface area contributed by atoms with E-state index in [1.165, 1.54) is 4.90 Å². The van der Waals surface area contributed by atoms with Crippen molar-refractivity contribution in [2.45, 2.75) is 68.4 Å². The predicted octanol–water partition coefficient (Wildman–Crippen LogP) is 4.88. The monoisotopic (exact) mass is 577 g/mol. The van der Waals surface area contributed by atoms with Gasteiger partial charge in [0.15, 0.2) is 9.84 Å². The lowest BCUT2D eigenvalue weighted by Gasteiger charge is -2.51. The maximum absolute atomic E-state index is 13.4. The first-order valence-corrected chi connectivity index (χ1v) is 15.5. The van der Waals surface area contributed by atoms with Crippen molar-refractivity contribution in [1.29, 1.82) is 0 Å². The molecule has 0 N–H and O–H groups in total. The van der Waals surface area contributed by atoms with Gasteiger partial charge in [0.25, 0.3) is 0 Å². The van der Waals surface area contributed by atoms with E-state index in [0.29, 0.717) is 19.3 Å². The number of sulfone groups is 1. The SMILES string of the molecule is C[C@@]1(OC(=O)C(=O)N(Cc2ccccc2)Cc2ccccc2)CC[C@@H]2C[C@H]1OO[C@@]2(C)CS(=O)(=O)c1ccccc1. The van der Waals surface area contributed by atoms with Crippen LogP contribution < -0.4 is 0 Å². The number of rotatable bonds is 8. The Morgan fingerprint density at radius 1 is 0.878 bits per heavy atom. The van der Waals surface area contributed by atoms with Gasteiger partial charge in [-0.15, -0.1) is 0 Å². The summed E-state index contributed by atoms with van der Waals surface area (Å²) in [6, 6.07) is 27.2. The maximum Gasteiger partial charge on any atom is 0.397 e. The fourth-order valence-electron chi connectivity index (χ4n) is 5.72. The molecule has 0 spiro atoms. The Morgan fingerprint density at radius 3 is 1.98 bits per heavy atom. The number of fused-ring (bicyclic) bond motifs is 2. The van der Waals surface area contributed by atoms with Crippen LogP contribution in [0.1, 0.15) is 44.2 Å². The zero-order valence-electron chi connectivity index (χ0n) is 23.3. The molecule has 5 rings (SSSR count). The molecule has 3 aromatic rings.